The third kappa shape index (κ3) is 5.54. The van der Waals surface area contributed by atoms with E-state index in [1.165, 1.54) is 11.3 Å². The van der Waals surface area contributed by atoms with Crippen LogP contribution in [0.1, 0.15) is 70.9 Å². The number of sulfonamides is 1. The predicted molar refractivity (Wildman–Crippen MR) is 145 cm³/mol. The summed E-state index contributed by atoms with van der Waals surface area (Å²) in [6, 6.07) is 14.2. The van der Waals surface area contributed by atoms with E-state index in [1.807, 2.05) is 36.4 Å². The molecule has 2 aromatic carbocycles. The minimum Gasteiger partial charge on any atom is -0.381 e. The summed E-state index contributed by atoms with van der Waals surface area (Å²) in [5, 5.41) is 0. The van der Waals surface area contributed by atoms with E-state index in [0.29, 0.717) is 29.3 Å². The van der Waals surface area contributed by atoms with Crippen molar-refractivity contribution in [3.05, 3.63) is 53.6 Å². The summed E-state index contributed by atoms with van der Waals surface area (Å²) < 4.78 is 35.1. The minimum absolute atomic E-state index is 0.211. The molecule has 5 nitrogen and oxygen atoms in total. The highest BCUT2D eigenvalue weighted by molar-refractivity contribution is 7.92. The molecule has 0 saturated carbocycles. The molecular formula is C29H42N2O3S. The Morgan fingerprint density at radius 2 is 1.71 bits per heavy atom. The maximum Gasteiger partial charge on any atom is 0.264 e. The van der Waals surface area contributed by atoms with Crippen LogP contribution in [0.3, 0.4) is 0 Å². The summed E-state index contributed by atoms with van der Waals surface area (Å²) >= 11 is 0. The molecule has 2 aromatic rings. The second kappa shape index (κ2) is 10.9. The van der Waals surface area contributed by atoms with Crippen molar-refractivity contribution in [3.63, 3.8) is 0 Å². The van der Waals surface area contributed by atoms with Gasteiger partial charge in [0.05, 0.1) is 10.6 Å². The van der Waals surface area contributed by atoms with Crippen molar-refractivity contribution in [2.45, 2.75) is 77.2 Å². The van der Waals surface area contributed by atoms with E-state index in [2.05, 4.69) is 45.6 Å². The highest BCUT2D eigenvalue weighted by Crippen LogP contribution is 2.40. The zero-order valence-corrected chi connectivity index (χ0v) is 22.9. The van der Waals surface area contributed by atoms with Crippen LogP contribution < -0.4 is 9.21 Å². The highest BCUT2D eigenvalue weighted by Gasteiger charge is 2.33. The van der Waals surface area contributed by atoms with Crippen molar-refractivity contribution in [1.29, 1.82) is 0 Å². The van der Waals surface area contributed by atoms with Crippen LogP contribution in [0.2, 0.25) is 0 Å². The van der Waals surface area contributed by atoms with E-state index in [-0.39, 0.29) is 5.92 Å². The van der Waals surface area contributed by atoms with E-state index < -0.39 is 10.0 Å². The van der Waals surface area contributed by atoms with Gasteiger partial charge in [0.1, 0.15) is 0 Å². The van der Waals surface area contributed by atoms with E-state index in [9.17, 15) is 8.42 Å². The lowest BCUT2D eigenvalue weighted by Crippen LogP contribution is -2.44. The van der Waals surface area contributed by atoms with Gasteiger partial charge < -0.3 is 9.64 Å². The van der Waals surface area contributed by atoms with Crippen LogP contribution in [-0.4, -0.2) is 40.8 Å². The Balaban J connectivity index is 1.68. The topological polar surface area (TPSA) is 49.9 Å². The van der Waals surface area contributed by atoms with Crippen molar-refractivity contribution in [2.24, 2.45) is 11.8 Å². The van der Waals surface area contributed by atoms with Gasteiger partial charge >= 0.3 is 0 Å². The standard InChI is InChI=1S/C29H42N2O3S/c1-6-24-7-9-26(10-8-24)31(20-21(2)3)35(32,33)27-11-12-29-28(19-27)22(4)13-16-30(29)23(5)25-14-17-34-18-15-25/h7-12,19,21-23,25H,6,13-18,20H2,1-5H3/t22?,23-/m1/s1. The zero-order valence-electron chi connectivity index (χ0n) is 22.0. The summed E-state index contributed by atoms with van der Waals surface area (Å²) in [6.45, 7) is 13.9. The molecular weight excluding hydrogens is 456 g/mol. The molecule has 2 heterocycles. The Morgan fingerprint density at radius 3 is 2.34 bits per heavy atom. The van der Waals surface area contributed by atoms with Gasteiger partial charge in [0, 0.05) is 38.0 Å². The quantitative estimate of drug-likeness (QED) is 0.433. The summed E-state index contributed by atoms with van der Waals surface area (Å²) in [6.07, 6.45) is 4.16. The van der Waals surface area contributed by atoms with Gasteiger partial charge in [-0.05, 0) is 91.8 Å². The molecule has 2 aliphatic rings. The number of ether oxygens (including phenoxy) is 1. The molecule has 1 fully saturated rings. The number of anilines is 2. The van der Waals surface area contributed by atoms with E-state index in [0.717, 1.165) is 56.7 Å². The lowest BCUT2D eigenvalue weighted by Gasteiger charge is -2.43. The largest absolute Gasteiger partial charge is 0.381 e. The smallest absolute Gasteiger partial charge is 0.264 e. The Kier molecular flexibility index (Phi) is 8.12. The second-order valence-electron chi connectivity index (χ2n) is 10.7. The van der Waals surface area contributed by atoms with Crippen LogP contribution in [0.25, 0.3) is 0 Å². The molecule has 2 atom stereocenters. The molecule has 0 aliphatic carbocycles. The van der Waals surface area contributed by atoms with Crippen molar-refractivity contribution < 1.29 is 13.2 Å². The fourth-order valence-electron chi connectivity index (χ4n) is 5.53. The summed E-state index contributed by atoms with van der Waals surface area (Å²) in [5.74, 6) is 1.16. The Morgan fingerprint density at radius 1 is 1.03 bits per heavy atom. The monoisotopic (exact) mass is 498 g/mol. The number of benzene rings is 2. The van der Waals surface area contributed by atoms with Gasteiger partial charge in [-0.3, -0.25) is 4.31 Å². The van der Waals surface area contributed by atoms with Crippen LogP contribution in [0.4, 0.5) is 11.4 Å². The average Bonchev–Trinajstić information content (AvgIpc) is 2.87. The summed E-state index contributed by atoms with van der Waals surface area (Å²) in [5.41, 5.74) is 4.29. The van der Waals surface area contributed by atoms with Crippen LogP contribution >= 0.6 is 0 Å². The first-order chi connectivity index (χ1) is 16.7. The molecule has 0 amide bonds. The normalized spacial score (nSPS) is 20.1. The number of hydrogen-bond donors (Lipinski definition) is 0. The van der Waals surface area contributed by atoms with Crippen LogP contribution in [0.5, 0.6) is 0 Å². The molecule has 0 N–H and O–H groups in total. The molecule has 6 heteroatoms. The molecule has 192 valence electrons. The van der Waals surface area contributed by atoms with Crippen LogP contribution in [0, 0.1) is 11.8 Å². The maximum absolute atomic E-state index is 14.0. The SMILES string of the molecule is CCc1ccc(N(CC(C)C)S(=O)(=O)c2ccc3c(c2)C(C)CCN3[C@H](C)C2CCOCC2)cc1. The van der Waals surface area contributed by atoms with Gasteiger partial charge in [-0.15, -0.1) is 0 Å². The zero-order chi connectivity index (χ0) is 25.2. The molecule has 0 radical (unpaired) electrons. The maximum atomic E-state index is 14.0. The molecule has 0 bridgehead atoms. The van der Waals surface area contributed by atoms with Crippen molar-refractivity contribution >= 4 is 21.4 Å². The molecule has 35 heavy (non-hydrogen) atoms. The first kappa shape index (κ1) is 26.0. The van der Waals surface area contributed by atoms with Crippen molar-refractivity contribution in [1.82, 2.24) is 0 Å². The van der Waals surface area contributed by atoms with Gasteiger partial charge in [-0.2, -0.15) is 0 Å². The van der Waals surface area contributed by atoms with E-state index in [1.54, 1.807) is 4.31 Å². The summed E-state index contributed by atoms with van der Waals surface area (Å²) in [7, 11) is -3.69. The Bertz CT molecular complexity index is 1090. The predicted octanol–water partition coefficient (Wildman–Crippen LogP) is 6.23. The molecule has 2 aliphatic heterocycles. The van der Waals surface area contributed by atoms with Crippen LogP contribution in [0.15, 0.2) is 47.4 Å². The molecule has 1 saturated heterocycles. The van der Waals surface area contributed by atoms with E-state index in [4.69, 9.17) is 4.74 Å². The third-order valence-corrected chi connectivity index (χ3v) is 9.62. The second-order valence-corrected chi connectivity index (χ2v) is 12.6. The van der Waals surface area contributed by atoms with Gasteiger partial charge in [-0.25, -0.2) is 8.42 Å². The third-order valence-electron chi connectivity index (χ3n) is 7.83. The lowest BCUT2D eigenvalue weighted by molar-refractivity contribution is 0.0591. The Labute approximate surface area is 212 Å². The molecule has 0 aromatic heterocycles. The average molecular weight is 499 g/mol. The number of hydrogen-bond acceptors (Lipinski definition) is 4. The van der Waals surface area contributed by atoms with Gasteiger partial charge in [0.25, 0.3) is 10.0 Å². The first-order valence-corrected chi connectivity index (χ1v) is 14.8. The minimum atomic E-state index is -3.69. The van der Waals surface area contributed by atoms with Gasteiger partial charge in [0.15, 0.2) is 0 Å². The van der Waals surface area contributed by atoms with Gasteiger partial charge in [0.2, 0.25) is 0 Å². The highest BCUT2D eigenvalue weighted by atomic mass is 32.2. The number of nitrogens with zero attached hydrogens (tertiary/aromatic N) is 2. The fraction of sp³-hybridized carbons (Fsp3) is 0.586. The summed E-state index contributed by atoms with van der Waals surface area (Å²) in [4.78, 5) is 2.90. The molecule has 1 unspecified atom stereocenters. The number of fused-ring (bicyclic) bond motifs is 1. The van der Waals surface area contributed by atoms with E-state index >= 15 is 0 Å². The number of aryl methyl sites for hydroxylation is 1. The number of rotatable bonds is 8. The fourth-order valence-corrected chi connectivity index (χ4v) is 7.20. The first-order valence-electron chi connectivity index (χ1n) is 13.3. The molecule has 4 rings (SSSR count). The van der Waals surface area contributed by atoms with Crippen LogP contribution in [-0.2, 0) is 21.2 Å². The Hall–Kier alpha value is -2.05. The van der Waals surface area contributed by atoms with Crippen molar-refractivity contribution in [3.8, 4) is 0 Å². The lowest BCUT2D eigenvalue weighted by atomic mass is 9.86. The molecule has 0 spiro atoms. The van der Waals surface area contributed by atoms with Gasteiger partial charge in [-0.1, -0.05) is 39.8 Å². The van der Waals surface area contributed by atoms with Crippen molar-refractivity contribution in [2.75, 3.05) is 35.5 Å².